The van der Waals surface area contributed by atoms with E-state index in [0.29, 0.717) is 0 Å². The molecule has 0 radical (unpaired) electrons. The number of furan rings is 1. The van der Waals surface area contributed by atoms with Crippen LogP contribution < -0.4 is 0 Å². The van der Waals surface area contributed by atoms with Gasteiger partial charge < -0.3 is 4.42 Å². The lowest BCUT2D eigenvalue weighted by Crippen LogP contribution is -1.77. The van der Waals surface area contributed by atoms with Crippen molar-refractivity contribution in [1.82, 2.24) is 0 Å². The molecule has 1 heterocycles. The van der Waals surface area contributed by atoms with Crippen molar-refractivity contribution in [3.8, 4) is 0 Å². The molecule has 0 unspecified atom stereocenters. The molecule has 0 saturated heterocycles. The largest absolute Gasteiger partial charge is 0.456 e. The van der Waals surface area contributed by atoms with Gasteiger partial charge in [0.25, 0.3) is 0 Å². The highest BCUT2D eigenvalue weighted by Crippen LogP contribution is 2.28. The molecule has 0 amide bonds. The van der Waals surface area contributed by atoms with E-state index in [9.17, 15) is 0 Å². The SMILES string of the molecule is S/N=C/c1ccc2oc3ccccc3c2c1. The summed E-state index contributed by atoms with van der Waals surface area (Å²) in [6, 6.07) is 14.0. The number of nitrogens with zero attached hydrogens (tertiary/aromatic N) is 1. The Morgan fingerprint density at radius 2 is 1.81 bits per heavy atom. The minimum absolute atomic E-state index is 0.900. The standard InChI is InChI=1S/C13H9NOS/c16-14-8-9-5-6-13-11(7-9)10-3-1-2-4-12(10)15-13/h1-8,16H/b14-8+. The highest BCUT2D eigenvalue weighted by molar-refractivity contribution is 7.79. The second-order valence-corrected chi connectivity index (χ2v) is 3.83. The van der Waals surface area contributed by atoms with Gasteiger partial charge in [0.2, 0.25) is 0 Å². The van der Waals surface area contributed by atoms with Gasteiger partial charge in [0.15, 0.2) is 0 Å². The van der Waals surface area contributed by atoms with Crippen LogP contribution in [0.4, 0.5) is 0 Å². The van der Waals surface area contributed by atoms with Gasteiger partial charge in [-0.05, 0) is 42.6 Å². The Labute approximate surface area is 98.1 Å². The third-order valence-corrected chi connectivity index (χ3v) is 2.72. The van der Waals surface area contributed by atoms with Crippen molar-refractivity contribution in [2.75, 3.05) is 0 Å². The lowest BCUT2D eigenvalue weighted by atomic mass is 10.1. The molecular formula is C13H9NOS. The fraction of sp³-hybridized carbons (Fsp3) is 0. The molecule has 2 aromatic carbocycles. The molecule has 3 aromatic rings. The van der Waals surface area contributed by atoms with Gasteiger partial charge in [-0.1, -0.05) is 18.2 Å². The van der Waals surface area contributed by atoms with E-state index < -0.39 is 0 Å². The molecule has 0 atom stereocenters. The average molecular weight is 227 g/mol. The molecule has 0 bridgehead atoms. The molecule has 16 heavy (non-hydrogen) atoms. The molecule has 0 saturated carbocycles. The quantitative estimate of drug-likeness (QED) is 0.496. The molecule has 0 aliphatic heterocycles. The van der Waals surface area contributed by atoms with Gasteiger partial charge in [-0.15, -0.1) is 0 Å². The van der Waals surface area contributed by atoms with E-state index in [0.717, 1.165) is 27.5 Å². The fourth-order valence-electron chi connectivity index (χ4n) is 1.89. The number of fused-ring (bicyclic) bond motifs is 3. The number of benzene rings is 2. The summed E-state index contributed by atoms with van der Waals surface area (Å²) in [4.78, 5) is 0. The summed E-state index contributed by atoms with van der Waals surface area (Å²) in [6.07, 6.45) is 1.71. The van der Waals surface area contributed by atoms with Gasteiger partial charge in [-0.2, -0.15) is 0 Å². The lowest BCUT2D eigenvalue weighted by molar-refractivity contribution is 0.669. The Hall–Kier alpha value is -1.74. The first kappa shape index (κ1) is 9.48. The van der Waals surface area contributed by atoms with Gasteiger partial charge in [0.05, 0.1) is 0 Å². The van der Waals surface area contributed by atoms with Crippen LogP contribution >= 0.6 is 12.8 Å². The summed E-state index contributed by atoms with van der Waals surface area (Å²) >= 11 is 3.83. The number of hydrogen-bond acceptors (Lipinski definition) is 3. The normalized spacial score (nSPS) is 11.8. The first-order valence-corrected chi connectivity index (χ1v) is 5.37. The number of para-hydroxylation sites is 1. The number of rotatable bonds is 1. The van der Waals surface area contributed by atoms with Crippen LogP contribution in [0.2, 0.25) is 0 Å². The van der Waals surface area contributed by atoms with Crippen LogP contribution in [0.15, 0.2) is 51.3 Å². The van der Waals surface area contributed by atoms with Crippen molar-refractivity contribution >= 4 is 41.0 Å². The van der Waals surface area contributed by atoms with Crippen LogP contribution in [-0.2, 0) is 0 Å². The van der Waals surface area contributed by atoms with Crippen molar-refractivity contribution in [1.29, 1.82) is 0 Å². The maximum absolute atomic E-state index is 5.72. The van der Waals surface area contributed by atoms with E-state index in [4.69, 9.17) is 4.42 Å². The number of hydrogen-bond donors (Lipinski definition) is 1. The maximum Gasteiger partial charge on any atom is 0.135 e. The van der Waals surface area contributed by atoms with Crippen LogP contribution in [0.3, 0.4) is 0 Å². The lowest BCUT2D eigenvalue weighted by Gasteiger charge is -1.92. The Kier molecular flexibility index (Phi) is 2.18. The zero-order valence-corrected chi connectivity index (χ0v) is 9.32. The van der Waals surface area contributed by atoms with E-state index in [1.54, 1.807) is 6.21 Å². The van der Waals surface area contributed by atoms with E-state index in [1.165, 1.54) is 0 Å². The summed E-state index contributed by atoms with van der Waals surface area (Å²) < 4.78 is 9.44. The molecule has 3 rings (SSSR count). The molecule has 0 N–H and O–H groups in total. The Morgan fingerprint density at radius 3 is 2.69 bits per heavy atom. The van der Waals surface area contributed by atoms with E-state index in [-0.39, 0.29) is 0 Å². The molecule has 0 aliphatic carbocycles. The summed E-state index contributed by atoms with van der Waals surface area (Å²) in [7, 11) is 0. The molecule has 0 spiro atoms. The second kappa shape index (κ2) is 3.68. The highest BCUT2D eigenvalue weighted by Gasteiger charge is 2.05. The van der Waals surface area contributed by atoms with Crippen molar-refractivity contribution in [2.24, 2.45) is 4.40 Å². The van der Waals surface area contributed by atoms with Gasteiger partial charge in [0, 0.05) is 17.0 Å². The average Bonchev–Trinajstić information content (AvgIpc) is 2.68. The van der Waals surface area contributed by atoms with E-state index >= 15 is 0 Å². The fourth-order valence-corrected chi connectivity index (χ4v) is 2.02. The third kappa shape index (κ3) is 1.41. The number of thiol groups is 1. The molecule has 78 valence electrons. The molecule has 2 nitrogen and oxygen atoms in total. The Morgan fingerprint density at radius 1 is 1.00 bits per heavy atom. The second-order valence-electron chi connectivity index (χ2n) is 3.60. The monoisotopic (exact) mass is 227 g/mol. The van der Waals surface area contributed by atoms with Crippen LogP contribution in [-0.4, -0.2) is 6.21 Å². The predicted octanol–water partition coefficient (Wildman–Crippen LogP) is 3.85. The first-order chi connectivity index (χ1) is 7.88. The van der Waals surface area contributed by atoms with Crippen molar-refractivity contribution in [2.45, 2.75) is 0 Å². The molecule has 1 aromatic heterocycles. The summed E-state index contributed by atoms with van der Waals surface area (Å²) in [5.74, 6) is 0. The van der Waals surface area contributed by atoms with Gasteiger partial charge in [-0.3, -0.25) is 0 Å². The van der Waals surface area contributed by atoms with Crippen LogP contribution in [0.25, 0.3) is 21.9 Å². The van der Waals surface area contributed by atoms with Gasteiger partial charge in [0.1, 0.15) is 11.2 Å². The van der Waals surface area contributed by atoms with Crippen molar-refractivity contribution in [3.05, 3.63) is 48.0 Å². The van der Waals surface area contributed by atoms with Crippen molar-refractivity contribution < 1.29 is 4.42 Å². The molecule has 0 aliphatic rings. The molecule has 0 fully saturated rings. The molecular weight excluding hydrogens is 218 g/mol. The van der Waals surface area contributed by atoms with Crippen molar-refractivity contribution in [3.63, 3.8) is 0 Å². The minimum Gasteiger partial charge on any atom is -0.456 e. The maximum atomic E-state index is 5.72. The van der Waals surface area contributed by atoms with E-state index in [2.05, 4.69) is 29.3 Å². The Bertz CT molecular complexity index is 685. The Balaban J connectivity index is 2.39. The van der Waals surface area contributed by atoms with Crippen LogP contribution in [0.5, 0.6) is 0 Å². The predicted molar refractivity (Wildman–Crippen MR) is 70.3 cm³/mol. The van der Waals surface area contributed by atoms with Gasteiger partial charge in [-0.25, -0.2) is 4.40 Å². The first-order valence-electron chi connectivity index (χ1n) is 4.97. The minimum atomic E-state index is 0.900. The smallest absolute Gasteiger partial charge is 0.135 e. The third-order valence-electron chi connectivity index (χ3n) is 2.61. The topological polar surface area (TPSA) is 25.5 Å². The summed E-state index contributed by atoms with van der Waals surface area (Å²) in [6.45, 7) is 0. The summed E-state index contributed by atoms with van der Waals surface area (Å²) in [5.41, 5.74) is 2.84. The summed E-state index contributed by atoms with van der Waals surface area (Å²) in [5, 5.41) is 2.24. The van der Waals surface area contributed by atoms with Crippen LogP contribution in [0.1, 0.15) is 5.56 Å². The zero-order valence-electron chi connectivity index (χ0n) is 8.42. The zero-order chi connectivity index (χ0) is 11.0. The highest BCUT2D eigenvalue weighted by atomic mass is 32.1. The molecule has 3 heteroatoms. The van der Waals surface area contributed by atoms with Gasteiger partial charge >= 0.3 is 0 Å². The van der Waals surface area contributed by atoms with Crippen LogP contribution in [0, 0.1) is 0 Å². The van der Waals surface area contributed by atoms with E-state index in [1.807, 2.05) is 30.3 Å².